The molecule has 0 bridgehead atoms. The Kier molecular flexibility index (Phi) is 9.34. The molecule has 10 heteroatoms. The topological polar surface area (TPSA) is 55.7 Å². The highest BCUT2D eigenvalue weighted by Gasteiger charge is 2.48. The summed E-state index contributed by atoms with van der Waals surface area (Å²) < 4.78 is 35.9. The SMILES string of the molecule is CCOP(=S)(OCC)[C@@H]1CCCC(P(=O)(N(C)C)N(C)C)=C1[NH+]1CCOCC1. The first-order chi connectivity index (χ1) is 13.2. The van der Waals surface area contributed by atoms with Crippen LogP contribution in [0, 0.1) is 0 Å². The Morgan fingerprint density at radius 1 is 1.11 bits per heavy atom. The van der Waals surface area contributed by atoms with Gasteiger partial charge in [-0.15, -0.1) is 0 Å². The molecule has 7 nitrogen and oxygen atoms in total. The van der Waals surface area contributed by atoms with Gasteiger partial charge in [-0.1, -0.05) is 0 Å². The van der Waals surface area contributed by atoms with Gasteiger partial charge in [0.1, 0.15) is 24.4 Å². The van der Waals surface area contributed by atoms with E-state index in [1.54, 1.807) is 0 Å². The van der Waals surface area contributed by atoms with Crippen LogP contribution in [-0.2, 0) is 30.2 Å². The van der Waals surface area contributed by atoms with E-state index in [1.807, 2.05) is 51.4 Å². The van der Waals surface area contributed by atoms with E-state index in [0.717, 1.165) is 37.7 Å². The third-order valence-corrected chi connectivity index (χ3v) is 12.7. The fraction of sp³-hybridized carbons (Fsp3) is 0.889. The molecule has 0 aromatic heterocycles. The maximum Gasteiger partial charge on any atom is 0.246 e. The molecule has 2 rings (SSSR count). The lowest BCUT2D eigenvalue weighted by Crippen LogP contribution is -3.13. The number of morpholine rings is 1. The van der Waals surface area contributed by atoms with E-state index in [0.29, 0.717) is 26.4 Å². The number of rotatable bonds is 9. The van der Waals surface area contributed by atoms with Crippen LogP contribution >= 0.6 is 13.9 Å². The van der Waals surface area contributed by atoms with Crippen LogP contribution in [-0.4, -0.2) is 82.7 Å². The van der Waals surface area contributed by atoms with Crippen LogP contribution < -0.4 is 4.90 Å². The van der Waals surface area contributed by atoms with Crippen molar-refractivity contribution in [3.63, 3.8) is 0 Å². The molecular weight excluding hydrogens is 416 g/mol. The molecule has 28 heavy (non-hydrogen) atoms. The molecule has 0 aromatic rings. The van der Waals surface area contributed by atoms with Gasteiger partial charge in [-0.25, -0.2) is 9.34 Å². The van der Waals surface area contributed by atoms with Crippen LogP contribution in [0.1, 0.15) is 33.1 Å². The summed E-state index contributed by atoms with van der Waals surface area (Å²) >= 11 is 6.04. The van der Waals surface area contributed by atoms with Gasteiger partial charge in [-0.2, -0.15) is 0 Å². The summed E-state index contributed by atoms with van der Waals surface area (Å²) in [5.41, 5.74) is 1.19. The highest BCUT2D eigenvalue weighted by atomic mass is 32.5. The summed E-state index contributed by atoms with van der Waals surface area (Å²) in [7, 11) is 4.77. The Balaban J connectivity index is 2.67. The highest BCUT2D eigenvalue weighted by molar-refractivity contribution is 8.10. The normalized spacial score (nSPS) is 23.1. The Labute approximate surface area is 176 Å². The van der Waals surface area contributed by atoms with Crippen molar-refractivity contribution in [2.24, 2.45) is 0 Å². The van der Waals surface area contributed by atoms with E-state index in [9.17, 15) is 4.57 Å². The minimum atomic E-state index is -2.86. The Morgan fingerprint density at radius 2 is 1.64 bits per heavy atom. The van der Waals surface area contributed by atoms with Gasteiger partial charge in [0.2, 0.25) is 13.9 Å². The lowest BCUT2D eigenvalue weighted by Gasteiger charge is -2.42. The minimum absolute atomic E-state index is 0.00692. The molecule has 1 heterocycles. The third-order valence-electron chi connectivity index (χ3n) is 5.45. The molecule has 0 spiro atoms. The first-order valence-corrected chi connectivity index (χ1v) is 14.5. The van der Waals surface area contributed by atoms with Crippen molar-refractivity contribution in [3.8, 4) is 0 Å². The monoisotopic (exact) mass is 454 g/mol. The molecule has 1 aliphatic carbocycles. The Morgan fingerprint density at radius 3 is 2.11 bits per heavy atom. The molecule has 0 unspecified atom stereocenters. The van der Waals surface area contributed by atoms with Gasteiger partial charge in [0.05, 0.1) is 31.7 Å². The van der Waals surface area contributed by atoms with Crippen LogP contribution in [0.3, 0.4) is 0 Å². The van der Waals surface area contributed by atoms with Crippen molar-refractivity contribution in [1.29, 1.82) is 0 Å². The largest absolute Gasteiger partial charge is 0.370 e. The summed E-state index contributed by atoms with van der Waals surface area (Å²) in [5.74, 6) is 0. The quantitative estimate of drug-likeness (QED) is 0.537. The standard InChI is InChI=1S/C18H37N3O4P2S/c1-7-24-27(28,25-8-2)17-11-9-10-16(26(22,19(3)4)20(5)6)18(17)21-12-14-23-15-13-21/h17H,7-15H2,1-6H3/p+1/t17-/m1/s1. The molecule has 0 radical (unpaired) electrons. The molecule has 2 aliphatic rings. The molecule has 164 valence electrons. The Hall–Kier alpha value is 0.380. The maximum atomic E-state index is 14.3. The first-order valence-electron chi connectivity index (χ1n) is 10.2. The fourth-order valence-corrected chi connectivity index (χ4v) is 10.7. The number of nitrogens with one attached hydrogen (secondary N) is 1. The molecule has 0 amide bonds. The van der Waals surface area contributed by atoms with E-state index in [2.05, 4.69) is 0 Å². The second kappa shape index (κ2) is 10.6. The maximum absolute atomic E-state index is 14.3. The number of hydrogen-bond acceptors (Lipinski definition) is 5. The highest BCUT2D eigenvalue weighted by Crippen LogP contribution is 2.65. The predicted molar refractivity (Wildman–Crippen MR) is 119 cm³/mol. The van der Waals surface area contributed by atoms with Gasteiger partial charge in [0, 0.05) is 0 Å². The zero-order valence-corrected chi connectivity index (χ0v) is 20.9. The summed E-state index contributed by atoms with van der Waals surface area (Å²) in [6, 6.07) is 0. The van der Waals surface area contributed by atoms with Gasteiger partial charge in [0.25, 0.3) is 0 Å². The zero-order chi connectivity index (χ0) is 20.9. The summed E-state index contributed by atoms with van der Waals surface area (Å²) in [4.78, 5) is 1.34. The summed E-state index contributed by atoms with van der Waals surface area (Å²) in [6.45, 7) is 5.63. The molecular formula is C18H38N3O4P2S+. The summed E-state index contributed by atoms with van der Waals surface area (Å²) in [6.07, 6.45) is 2.72. The second-order valence-electron chi connectivity index (χ2n) is 7.60. The smallest absolute Gasteiger partial charge is 0.246 e. The first kappa shape index (κ1) is 24.6. The molecule has 1 saturated heterocycles. The molecule has 1 fully saturated rings. The van der Waals surface area contributed by atoms with Crippen LogP contribution in [0.5, 0.6) is 0 Å². The minimum Gasteiger partial charge on any atom is -0.370 e. The molecule has 0 aromatic carbocycles. The lowest BCUT2D eigenvalue weighted by atomic mass is 10.0. The average molecular weight is 455 g/mol. The van der Waals surface area contributed by atoms with Gasteiger partial charge < -0.3 is 18.7 Å². The molecule has 1 atom stereocenters. The molecule has 0 saturated carbocycles. The number of ether oxygens (including phenoxy) is 1. The molecule has 1 N–H and O–H groups in total. The van der Waals surface area contributed by atoms with Crippen LogP contribution in [0.15, 0.2) is 11.0 Å². The van der Waals surface area contributed by atoms with Crippen LogP contribution in [0.2, 0.25) is 0 Å². The average Bonchev–Trinajstić information content (AvgIpc) is 2.67. The van der Waals surface area contributed by atoms with Gasteiger partial charge in [0.15, 0.2) is 0 Å². The van der Waals surface area contributed by atoms with E-state index < -0.39 is 13.9 Å². The number of allylic oxidation sites excluding steroid dienone is 2. The van der Waals surface area contributed by atoms with Crippen molar-refractivity contribution in [3.05, 3.63) is 11.0 Å². The van der Waals surface area contributed by atoms with E-state index in [1.165, 1.54) is 10.6 Å². The van der Waals surface area contributed by atoms with Crippen LogP contribution in [0.4, 0.5) is 0 Å². The van der Waals surface area contributed by atoms with E-state index in [-0.39, 0.29) is 5.66 Å². The second-order valence-corrected chi connectivity index (χ2v) is 14.6. The Bertz CT molecular complexity index is 629. The van der Waals surface area contributed by atoms with Crippen LogP contribution in [0.25, 0.3) is 0 Å². The zero-order valence-electron chi connectivity index (χ0n) is 18.3. The van der Waals surface area contributed by atoms with E-state index >= 15 is 0 Å². The lowest BCUT2D eigenvalue weighted by molar-refractivity contribution is -0.871. The number of quaternary nitrogens is 1. The van der Waals surface area contributed by atoms with Crippen molar-refractivity contribution < 1.29 is 23.2 Å². The van der Waals surface area contributed by atoms with Crippen molar-refractivity contribution in [2.75, 3.05) is 67.7 Å². The van der Waals surface area contributed by atoms with Crippen molar-refractivity contribution in [1.82, 2.24) is 9.34 Å². The van der Waals surface area contributed by atoms with Gasteiger partial charge >= 0.3 is 0 Å². The number of nitrogens with zero attached hydrogens (tertiary/aromatic N) is 2. The summed E-state index contributed by atoms with van der Waals surface area (Å²) in [5, 5.41) is 1.05. The van der Waals surface area contributed by atoms with Gasteiger partial charge in [-0.05, 0) is 73.1 Å². The number of hydrogen-bond donors (Lipinski definition) is 1. The van der Waals surface area contributed by atoms with E-state index in [4.69, 9.17) is 25.6 Å². The fourth-order valence-electron chi connectivity index (χ4n) is 4.30. The predicted octanol–water partition coefficient (Wildman–Crippen LogP) is 2.36. The van der Waals surface area contributed by atoms with Gasteiger partial charge in [-0.3, -0.25) is 4.57 Å². The third kappa shape index (κ3) is 4.99. The van der Waals surface area contributed by atoms with Crippen molar-refractivity contribution in [2.45, 2.75) is 38.8 Å². The molecule has 1 aliphatic heterocycles. The van der Waals surface area contributed by atoms with Crippen molar-refractivity contribution >= 4 is 25.7 Å².